The number of aromatic nitrogens is 3. The average molecular weight is 451 g/mol. The summed E-state index contributed by atoms with van der Waals surface area (Å²) in [6.45, 7) is 0.806. The van der Waals surface area contributed by atoms with Gasteiger partial charge in [-0.2, -0.15) is 13.2 Å². The van der Waals surface area contributed by atoms with E-state index < -0.39 is 17.6 Å². The smallest absolute Gasteiger partial charge is 0.417 e. The van der Waals surface area contributed by atoms with Crippen LogP contribution in [0.4, 0.5) is 23.4 Å². The molecule has 11 heteroatoms. The first-order valence-corrected chi connectivity index (χ1v) is 10.5. The highest BCUT2D eigenvalue weighted by Gasteiger charge is 2.40. The fourth-order valence-electron chi connectivity index (χ4n) is 4.32. The van der Waals surface area contributed by atoms with Gasteiger partial charge in [-0.1, -0.05) is 0 Å². The summed E-state index contributed by atoms with van der Waals surface area (Å²) in [6, 6.07) is 0.175. The summed E-state index contributed by atoms with van der Waals surface area (Å²) in [4.78, 5) is 28.3. The van der Waals surface area contributed by atoms with Crippen LogP contribution in [-0.2, 0) is 11.0 Å². The van der Waals surface area contributed by atoms with E-state index in [-0.39, 0.29) is 43.4 Å². The fraction of sp³-hybridized carbons (Fsp3) is 0.524. The van der Waals surface area contributed by atoms with E-state index in [4.69, 9.17) is 4.74 Å². The number of rotatable bonds is 4. The van der Waals surface area contributed by atoms with E-state index in [1.165, 1.54) is 4.90 Å². The predicted molar refractivity (Wildman–Crippen MR) is 105 cm³/mol. The molecule has 7 nitrogen and oxygen atoms in total. The second kappa shape index (κ2) is 7.86. The summed E-state index contributed by atoms with van der Waals surface area (Å²) < 4.78 is 58.9. The van der Waals surface area contributed by atoms with Gasteiger partial charge in [0.05, 0.1) is 36.2 Å². The normalized spacial score (nSPS) is 23.8. The maximum absolute atomic E-state index is 14.5. The van der Waals surface area contributed by atoms with Crippen molar-refractivity contribution < 1.29 is 27.1 Å². The molecule has 2 saturated heterocycles. The second-order valence-electron chi connectivity index (χ2n) is 8.45. The van der Waals surface area contributed by atoms with E-state index in [9.17, 15) is 22.4 Å². The summed E-state index contributed by atoms with van der Waals surface area (Å²) in [6.07, 6.45) is 1.82. The zero-order valence-corrected chi connectivity index (χ0v) is 17.1. The highest BCUT2D eigenvalue weighted by atomic mass is 19.4. The molecule has 0 bridgehead atoms. The Labute approximate surface area is 181 Å². The molecule has 1 aliphatic carbocycles. The Morgan fingerprint density at radius 2 is 1.88 bits per heavy atom. The van der Waals surface area contributed by atoms with E-state index >= 15 is 0 Å². The lowest BCUT2D eigenvalue weighted by Gasteiger charge is -2.26. The number of nitrogens with zero attached hydrogens (tertiary/aromatic N) is 5. The van der Waals surface area contributed by atoms with Crippen molar-refractivity contribution in [2.75, 3.05) is 24.5 Å². The van der Waals surface area contributed by atoms with E-state index in [0.717, 1.165) is 18.5 Å². The third kappa shape index (κ3) is 4.20. The lowest BCUT2D eigenvalue weighted by molar-refractivity contribution is -0.138. The van der Waals surface area contributed by atoms with Crippen LogP contribution in [0, 0.1) is 5.82 Å². The molecule has 0 N–H and O–H groups in total. The van der Waals surface area contributed by atoms with Gasteiger partial charge in [0.1, 0.15) is 6.10 Å². The number of hydrogen-bond donors (Lipinski definition) is 0. The molecule has 3 aliphatic rings. The average Bonchev–Trinajstić information content (AvgIpc) is 3.54. The molecule has 2 atom stereocenters. The third-order valence-corrected chi connectivity index (χ3v) is 6.10. The number of amides is 1. The van der Waals surface area contributed by atoms with Crippen LogP contribution >= 0.6 is 0 Å². The number of carbonyl (C=O) groups is 1. The molecule has 0 spiro atoms. The lowest BCUT2D eigenvalue weighted by Crippen LogP contribution is -2.39. The minimum Gasteiger partial charge on any atom is -0.471 e. The molecule has 0 aromatic carbocycles. The Morgan fingerprint density at radius 3 is 2.53 bits per heavy atom. The highest BCUT2D eigenvalue weighted by molar-refractivity contribution is 5.78. The minimum absolute atomic E-state index is 0.105. The number of carbonyl (C=O) groups excluding carboxylic acids is 1. The molecule has 2 aliphatic heterocycles. The number of ether oxygens (including phenoxy) is 1. The Balaban J connectivity index is 1.28. The summed E-state index contributed by atoms with van der Waals surface area (Å²) in [5.41, 5.74) is -0.191. The number of halogens is 4. The molecule has 4 heterocycles. The van der Waals surface area contributed by atoms with Gasteiger partial charge in [0.2, 0.25) is 11.8 Å². The predicted octanol–water partition coefficient (Wildman–Crippen LogP) is 3.17. The van der Waals surface area contributed by atoms with Crippen LogP contribution in [0.5, 0.6) is 5.88 Å². The van der Waals surface area contributed by atoms with Gasteiger partial charge in [-0.05, 0) is 18.9 Å². The topological polar surface area (TPSA) is 71.5 Å². The zero-order chi connectivity index (χ0) is 22.5. The van der Waals surface area contributed by atoms with Crippen molar-refractivity contribution in [1.29, 1.82) is 0 Å². The van der Waals surface area contributed by atoms with Crippen molar-refractivity contribution in [3.05, 3.63) is 41.7 Å². The number of anilines is 1. The van der Waals surface area contributed by atoms with Gasteiger partial charge < -0.3 is 14.5 Å². The number of hydrogen-bond acceptors (Lipinski definition) is 6. The molecule has 1 saturated carbocycles. The number of alkyl halides is 3. The van der Waals surface area contributed by atoms with Gasteiger partial charge in [-0.25, -0.2) is 14.4 Å². The number of pyridine rings is 1. The molecule has 0 unspecified atom stereocenters. The molecule has 3 fully saturated rings. The summed E-state index contributed by atoms with van der Waals surface area (Å²) in [5.74, 6) is -0.470. The molecule has 2 aromatic heterocycles. The first kappa shape index (κ1) is 20.9. The van der Waals surface area contributed by atoms with Crippen LogP contribution in [-0.4, -0.2) is 57.5 Å². The van der Waals surface area contributed by atoms with Crippen molar-refractivity contribution in [3.63, 3.8) is 0 Å². The van der Waals surface area contributed by atoms with Crippen molar-refractivity contribution in [2.45, 2.75) is 49.9 Å². The summed E-state index contributed by atoms with van der Waals surface area (Å²) in [5, 5.41) is 0. The molecular weight excluding hydrogens is 430 g/mol. The largest absolute Gasteiger partial charge is 0.471 e. The van der Waals surface area contributed by atoms with Crippen LogP contribution in [0.15, 0.2) is 24.7 Å². The lowest BCUT2D eigenvalue weighted by atomic mass is 10.2. The van der Waals surface area contributed by atoms with Crippen molar-refractivity contribution >= 4 is 11.7 Å². The standard InChI is InChI=1S/C21H21F4N5O2/c22-16-5-13(21(23,24)25)7-28-20(16)29-4-3-19(31)30-11-15(6-14(30)10-29)32-18-9-26-17(8-27-18)12-1-2-12/h5,7-9,12,14-15H,1-4,6,10-11H2/t14-,15-/m1/s1. The van der Waals surface area contributed by atoms with Gasteiger partial charge in [0.25, 0.3) is 0 Å². The van der Waals surface area contributed by atoms with E-state index in [1.54, 1.807) is 17.3 Å². The summed E-state index contributed by atoms with van der Waals surface area (Å²) in [7, 11) is 0. The van der Waals surface area contributed by atoms with E-state index in [0.29, 0.717) is 37.0 Å². The maximum atomic E-state index is 14.5. The highest BCUT2D eigenvalue weighted by Crippen LogP contribution is 2.39. The molecule has 5 rings (SSSR count). The van der Waals surface area contributed by atoms with Crippen LogP contribution in [0.2, 0.25) is 0 Å². The zero-order valence-electron chi connectivity index (χ0n) is 17.1. The second-order valence-corrected chi connectivity index (χ2v) is 8.45. The van der Waals surface area contributed by atoms with Crippen LogP contribution in [0.3, 0.4) is 0 Å². The molecular formula is C21H21F4N5O2. The third-order valence-electron chi connectivity index (χ3n) is 6.10. The van der Waals surface area contributed by atoms with Crippen molar-refractivity contribution in [1.82, 2.24) is 19.9 Å². The maximum Gasteiger partial charge on any atom is 0.417 e. The fourth-order valence-corrected chi connectivity index (χ4v) is 4.32. The van der Waals surface area contributed by atoms with Gasteiger partial charge >= 0.3 is 6.18 Å². The molecule has 170 valence electrons. The monoisotopic (exact) mass is 451 g/mol. The van der Waals surface area contributed by atoms with Gasteiger partial charge in [0.15, 0.2) is 11.6 Å². The van der Waals surface area contributed by atoms with Crippen LogP contribution in [0.1, 0.15) is 42.9 Å². The van der Waals surface area contributed by atoms with Crippen LogP contribution in [0.25, 0.3) is 0 Å². The van der Waals surface area contributed by atoms with Crippen molar-refractivity contribution in [2.24, 2.45) is 0 Å². The van der Waals surface area contributed by atoms with Gasteiger partial charge in [0, 0.05) is 38.0 Å². The Hall–Kier alpha value is -2.98. The van der Waals surface area contributed by atoms with Gasteiger partial charge in [-0.15, -0.1) is 0 Å². The van der Waals surface area contributed by atoms with Crippen molar-refractivity contribution in [3.8, 4) is 5.88 Å². The van der Waals surface area contributed by atoms with E-state index in [2.05, 4.69) is 15.0 Å². The first-order valence-electron chi connectivity index (χ1n) is 10.5. The minimum atomic E-state index is -4.67. The summed E-state index contributed by atoms with van der Waals surface area (Å²) >= 11 is 0. The van der Waals surface area contributed by atoms with Gasteiger partial charge in [-0.3, -0.25) is 9.78 Å². The SMILES string of the molecule is O=C1CCN(c2ncc(C(F)(F)F)cc2F)C[C@H]2C[C@@H](Oc3cnc(C4CC4)cn3)CN12. The van der Waals surface area contributed by atoms with Crippen LogP contribution < -0.4 is 9.64 Å². The molecule has 1 amide bonds. The quantitative estimate of drug-likeness (QED) is 0.666. The Bertz CT molecular complexity index is 1010. The van der Waals surface area contributed by atoms with E-state index in [1.807, 2.05) is 0 Å². The number of fused-ring (bicyclic) bond motifs is 1. The molecule has 0 radical (unpaired) electrons. The molecule has 2 aromatic rings. The Kier molecular flexibility index (Phi) is 5.13. The first-order chi connectivity index (χ1) is 15.3. The Morgan fingerprint density at radius 1 is 1.06 bits per heavy atom. The molecule has 32 heavy (non-hydrogen) atoms.